The Balaban J connectivity index is 3.67. The Bertz CT molecular complexity index is 166. The van der Waals surface area contributed by atoms with Gasteiger partial charge in [0.05, 0.1) is 12.7 Å². The van der Waals surface area contributed by atoms with Crippen LogP contribution in [0.25, 0.3) is 0 Å². The van der Waals surface area contributed by atoms with Crippen LogP contribution in [0.15, 0.2) is 12.2 Å². The van der Waals surface area contributed by atoms with Crippen molar-refractivity contribution < 1.29 is 4.74 Å². The van der Waals surface area contributed by atoms with E-state index in [-0.39, 0.29) is 0 Å². The van der Waals surface area contributed by atoms with E-state index in [1.165, 1.54) is 12.0 Å². The molecule has 0 aromatic rings. The van der Waals surface area contributed by atoms with Crippen LogP contribution >= 0.6 is 0 Å². The zero-order valence-corrected chi connectivity index (χ0v) is 10.8. The van der Waals surface area contributed by atoms with Crippen molar-refractivity contribution in [2.45, 2.75) is 59.1 Å². The molecule has 2 heteroatoms. The average molecular weight is 213 g/mol. The first-order valence-corrected chi connectivity index (χ1v) is 6.05. The standard InChI is InChI=1S/C13H27NO/c1-6-7-13(10-14-12(4)5)15-9-8-11(2)3/h12-14H,2,6-10H2,1,3-5H3. The molecule has 0 radical (unpaired) electrons. The maximum absolute atomic E-state index is 5.82. The van der Waals surface area contributed by atoms with E-state index >= 15 is 0 Å². The molecule has 0 aliphatic carbocycles. The van der Waals surface area contributed by atoms with E-state index in [1.807, 2.05) is 6.92 Å². The third-order valence-electron chi connectivity index (χ3n) is 2.25. The molecular weight excluding hydrogens is 186 g/mol. The second-order valence-electron chi connectivity index (χ2n) is 4.55. The van der Waals surface area contributed by atoms with Crippen molar-refractivity contribution in [1.82, 2.24) is 5.32 Å². The summed E-state index contributed by atoms with van der Waals surface area (Å²) in [5.74, 6) is 0. The van der Waals surface area contributed by atoms with E-state index in [0.29, 0.717) is 12.1 Å². The average Bonchev–Trinajstić information content (AvgIpc) is 2.13. The minimum atomic E-state index is 0.358. The fourth-order valence-corrected chi connectivity index (χ4v) is 1.33. The van der Waals surface area contributed by atoms with Crippen molar-refractivity contribution in [1.29, 1.82) is 0 Å². The van der Waals surface area contributed by atoms with Crippen molar-refractivity contribution in [3.63, 3.8) is 0 Å². The van der Waals surface area contributed by atoms with E-state index in [9.17, 15) is 0 Å². The van der Waals surface area contributed by atoms with E-state index in [4.69, 9.17) is 4.74 Å². The molecule has 0 aromatic carbocycles. The molecule has 0 fully saturated rings. The third kappa shape index (κ3) is 9.95. The van der Waals surface area contributed by atoms with Gasteiger partial charge in [-0.05, 0) is 19.8 Å². The molecule has 1 atom stereocenters. The topological polar surface area (TPSA) is 21.3 Å². The molecule has 0 heterocycles. The van der Waals surface area contributed by atoms with Crippen LogP contribution in [0.3, 0.4) is 0 Å². The Morgan fingerprint density at radius 2 is 2.07 bits per heavy atom. The van der Waals surface area contributed by atoms with Gasteiger partial charge in [0.15, 0.2) is 0 Å². The highest BCUT2D eigenvalue weighted by Crippen LogP contribution is 2.04. The zero-order valence-electron chi connectivity index (χ0n) is 10.8. The highest BCUT2D eigenvalue weighted by molar-refractivity contribution is 4.87. The fourth-order valence-electron chi connectivity index (χ4n) is 1.33. The molecule has 0 bridgehead atoms. The lowest BCUT2D eigenvalue weighted by Gasteiger charge is -2.19. The Kier molecular flexibility index (Phi) is 8.73. The van der Waals surface area contributed by atoms with Crippen molar-refractivity contribution in [2.24, 2.45) is 0 Å². The Hall–Kier alpha value is -0.340. The van der Waals surface area contributed by atoms with Gasteiger partial charge in [0.1, 0.15) is 0 Å². The highest BCUT2D eigenvalue weighted by atomic mass is 16.5. The normalized spacial score (nSPS) is 13.1. The largest absolute Gasteiger partial charge is 0.377 e. The fraction of sp³-hybridized carbons (Fsp3) is 0.846. The first kappa shape index (κ1) is 14.7. The molecule has 0 amide bonds. The Labute approximate surface area is 95.1 Å². The Morgan fingerprint density at radius 1 is 1.40 bits per heavy atom. The van der Waals surface area contributed by atoms with Gasteiger partial charge >= 0.3 is 0 Å². The molecule has 0 aliphatic rings. The summed E-state index contributed by atoms with van der Waals surface area (Å²) in [6.45, 7) is 14.2. The molecule has 0 saturated heterocycles. The number of hydrogen-bond donors (Lipinski definition) is 1. The summed E-state index contributed by atoms with van der Waals surface area (Å²) in [5, 5.41) is 3.42. The third-order valence-corrected chi connectivity index (χ3v) is 2.25. The summed E-state index contributed by atoms with van der Waals surface area (Å²) in [5.41, 5.74) is 1.20. The van der Waals surface area contributed by atoms with E-state index in [0.717, 1.165) is 26.0 Å². The number of hydrogen-bond acceptors (Lipinski definition) is 2. The van der Waals surface area contributed by atoms with Gasteiger partial charge in [-0.15, -0.1) is 6.58 Å². The highest BCUT2D eigenvalue weighted by Gasteiger charge is 2.08. The van der Waals surface area contributed by atoms with E-state index in [1.54, 1.807) is 0 Å². The molecule has 0 rings (SSSR count). The number of nitrogens with one attached hydrogen (secondary N) is 1. The van der Waals surface area contributed by atoms with Gasteiger partial charge in [-0.2, -0.15) is 0 Å². The summed E-state index contributed by atoms with van der Waals surface area (Å²) < 4.78 is 5.82. The lowest BCUT2D eigenvalue weighted by Crippen LogP contribution is -2.33. The molecule has 90 valence electrons. The quantitative estimate of drug-likeness (QED) is 0.594. The molecule has 2 nitrogen and oxygen atoms in total. The maximum atomic E-state index is 5.82. The summed E-state index contributed by atoms with van der Waals surface area (Å²) in [6.07, 6.45) is 3.65. The lowest BCUT2D eigenvalue weighted by molar-refractivity contribution is 0.0479. The van der Waals surface area contributed by atoms with Gasteiger partial charge in [-0.3, -0.25) is 0 Å². The molecule has 1 N–H and O–H groups in total. The first-order valence-electron chi connectivity index (χ1n) is 6.05. The van der Waals surface area contributed by atoms with Crippen LogP contribution in [0, 0.1) is 0 Å². The van der Waals surface area contributed by atoms with Crippen LogP contribution in [0.2, 0.25) is 0 Å². The van der Waals surface area contributed by atoms with Crippen LogP contribution in [0.1, 0.15) is 47.0 Å². The van der Waals surface area contributed by atoms with Crippen molar-refractivity contribution in [3.8, 4) is 0 Å². The van der Waals surface area contributed by atoms with Crippen LogP contribution in [-0.4, -0.2) is 25.3 Å². The van der Waals surface area contributed by atoms with Gasteiger partial charge < -0.3 is 10.1 Å². The molecular formula is C13H27NO. The molecule has 0 aliphatic heterocycles. The lowest BCUT2D eigenvalue weighted by atomic mass is 10.2. The van der Waals surface area contributed by atoms with Crippen LogP contribution in [0.4, 0.5) is 0 Å². The van der Waals surface area contributed by atoms with E-state index in [2.05, 4.69) is 32.7 Å². The van der Waals surface area contributed by atoms with Crippen molar-refractivity contribution in [2.75, 3.05) is 13.2 Å². The minimum absolute atomic E-state index is 0.358. The first-order chi connectivity index (χ1) is 7.06. The maximum Gasteiger partial charge on any atom is 0.0699 e. The van der Waals surface area contributed by atoms with Crippen molar-refractivity contribution in [3.05, 3.63) is 12.2 Å². The molecule has 0 aromatic heterocycles. The zero-order chi connectivity index (χ0) is 11.7. The van der Waals surface area contributed by atoms with Crippen molar-refractivity contribution >= 4 is 0 Å². The number of ether oxygens (including phenoxy) is 1. The molecule has 0 saturated carbocycles. The summed E-state index contributed by atoms with van der Waals surface area (Å²) >= 11 is 0. The summed E-state index contributed by atoms with van der Waals surface area (Å²) in [7, 11) is 0. The van der Waals surface area contributed by atoms with Crippen LogP contribution < -0.4 is 5.32 Å². The van der Waals surface area contributed by atoms with Gasteiger partial charge in [0.25, 0.3) is 0 Å². The second kappa shape index (κ2) is 8.93. The summed E-state index contributed by atoms with van der Waals surface area (Å²) in [6, 6.07) is 0.536. The monoisotopic (exact) mass is 213 g/mol. The predicted octanol–water partition coefficient (Wildman–Crippen LogP) is 3.14. The smallest absolute Gasteiger partial charge is 0.0699 e. The van der Waals surface area contributed by atoms with Gasteiger partial charge in [-0.1, -0.05) is 32.8 Å². The van der Waals surface area contributed by atoms with Crippen LogP contribution in [-0.2, 0) is 4.74 Å². The predicted molar refractivity (Wildman–Crippen MR) is 67.2 cm³/mol. The molecule has 15 heavy (non-hydrogen) atoms. The number of rotatable bonds is 9. The van der Waals surface area contributed by atoms with Gasteiger partial charge in [0, 0.05) is 12.6 Å². The minimum Gasteiger partial charge on any atom is -0.377 e. The van der Waals surface area contributed by atoms with Gasteiger partial charge in [0.2, 0.25) is 0 Å². The van der Waals surface area contributed by atoms with Gasteiger partial charge in [-0.25, -0.2) is 0 Å². The SMILES string of the molecule is C=C(C)CCOC(CCC)CNC(C)C. The molecule has 1 unspecified atom stereocenters. The Morgan fingerprint density at radius 3 is 2.53 bits per heavy atom. The second-order valence-corrected chi connectivity index (χ2v) is 4.55. The molecule has 0 spiro atoms. The van der Waals surface area contributed by atoms with E-state index < -0.39 is 0 Å². The van der Waals surface area contributed by atoms with Crippen LogP contribution in [0.5, 0.6) is 0 Å². The summed E-state index contributed by atoms with van der Waals surface area (Å²) in [4.78, 5) is 0.